The minimum absolute atomic E-state index is 0.0395. The van der Waals surface area contributed by atoms with Crippen LogP contribution in [0.25, 0.3) is 10.9 Å². The van der Waals surface area contributed by atoms with Crippen molar-refractivity contribution in [2.24, 2.45) is 10.2 Å². The smallest absolute Gasteiger partial charge is 0.292 e. The van der Waals surface area contributed by atoms with Gasteiger partial charge in [-0.05, 0) is 29.9 Å². The van der Waals surface area contributed by atoms with E-state index in [1.807, 2.05) is 54.6 Å². The molecule has 0 saturated heterocycles. The lowest BCUT2D eigenvalue weighted by Crippen LogP contribution is -2.07. The molecule has 0 bridgehead atoms. The minimum Gasteiger partial charge on any atom is -0.493 e. The monoisotopic (exact) mass is 431 g/mol. The van der Waals surface area contributed by atoms with Crippen molar-refractivity contribution < 1.29 is 10.0 Å². The number of rotatable bonds is 5. The minimum atomic E-state index is -0.509. The van der Waals surface area contributed by atoms with Gasteiger partial charge in [0.1, 0.15) is 5.69 Å². The van der Waals surface area contributed by atoms with Crippen LogP contribution in [0, 0.1) is 10.1 Å². The fourth-order valence-corrected chi connectivity index (χ4v) is 3.42. The van der Waals surface area contributed by atoms with Gasteiger partial charge in [0.25, 0.3) is 5.69 Å². The van der Waals surface area contributed by atoms with Crippen molar-refractivity contribution >= 4 is 45.3 Å². The van der Waals surface area contributed by atoms with Crippen LogP contribution in [0.2, 0.25) is 0 Å². The van der Waals surface area contributed by atoms with Crippen molar-refractivity contribution in [2.75, 3.05) is 5.32 Å². The van der Waals surface area contributed by atoms with Crippen molar-refractivity contribution in [3.8, 4) is 5.88 Å². The highest BCUT2D eigenvalue weighted by molar-refractivity contribution is 7.80. The Morgan fingerprint density at radius 1 is 1.03 bits per heavy atom. The maximum atomic E-state index is 11.2. The highest BCUT2D eigenvalue weighted by Crippen LogP contribution is 2.39. The van der Waals surface area contributed by atoms with Crippen LogP contribution in [0.3, 0.4) is 0 Å². The van der Waals surface area contributed by atoms with E-state index < -0.39 is 4.92 Å². The molecule has 0 atom stereocenters. The van der Waals surface area contributed by atoms with Crippen molar-refractivity contribution in [3.63, 3.8) is 0 Å². The third-order valence-corrected chi connectivity index (χ3v) is 4.87. The Morgan fingerprint density at radius 3 is 2.48 bits per heavy atom. The van der Waals surface area contributed by atoms with Gasteiger partial charge in [-0.2, -0.15) is 0 Å². The lowest BCUT2D eigenvalue weighted by Gasteiger charge is -2.07. The molecule has 2 N–H and O–H groups in total. The normalized spacial score (nSPS) is 11.1. The summed E-state index contributed by atoms with van der Waals surface area (Å²) in [5.74, 6) is -0.0395. The molecule has 0 spiro atoms. The Balaban J connectivity index is 1.64. The molecule has 0 aliphatic heterocycles. The zero-order chi connectivity index (χ0) is 21.8. The van der Waals surface area contributed by atoms with Gasteiger partial charge in [-0.3, -0.25) is 10.1 Å². The summed E-state index contributed by atoms with van der Waals surface area (Å²) in [5.41, 5.74) is 2.19. The summed E-state index contributed by atoms with van der Waals surface area (Å²) in [6.07, 6.45) is 0. The van der Waals surface area contributed by atoms with Crippen molar-refractivity contribution in [2.45, 2.75) is 6.54 Å². The zero-order valence-electron chi connectivity index (χ0n) is 16.2. The molecule has 1 aromatic heterocycles. The first-order chi connectivity index (χ1) is 15.0. The molecule has 31 heavy (non-hydrogen) atoms. The first kappa shape index (κ1) is 20.2. The largest absolute Gasteiger partial charge is 0.493 e. The summed E-state index contributed by atoms with van der Waals surface area (Å²) in [6, 6.07) is 23.3. The molecule has 0 aliphatic rings. The third-order valence-electron chi connectivity index (χ3n) is 4.68. The summed E-state index contributed by atoms with van der Waals surface area (Å²) in [7, 11) is 0. The van der Waals surface area contributed by atoms with Crippen LogP contribution >= 0.6 is 12.2 Å². The van der Waals surface area contributed by atoms with E-state index in [1.165, 1.54) is 12.1 Å². The topological polar surface area (TPSA) is 105 Å². The van der Waals surface area contributed by atoms with E-state index in [1.54, 1.807) is 16.7 Å². The fourth-order valence-electron chi connectivity index (χ4n) is 3.27. The van der Waals surface area contributed by atoms with E-state index in [-0.39, 0.29) is 28.1 Å². The van der Waals surface area contributed by atoms with E-state index in [4.69, 9.17) is 12.2 Å². The van der Waals surface area contributed by atoms with Crippen molar-refractivity contribution in [3.05, 3.63) is 94.5 Å². The van der Waals surface area contributed by atoms with Crippen LogP contribution in [-0.2, 0) is 6.54 Å². The van der Waals surface area contributed by atoms with Crippen LogP contribution in [-0.4, -0.2) is 19.7 Å². The number of aromatic nitrogens is 1. The standard InChI is InChI=1S/C22H17N5O3S/c28-21-20(24-25-22(31)23-17-11-5-7-13-19(17)27(29)30)16-10-4-6-12-18(16)26(21)14-15-8-2-1-3-9-15/h1-13,28H,14H2,(H,23,31). The van der Waals surface area contributed by atoms with Gasteiger partial charge < -0.3 is 15.0 Å². The van der Waals surface area contributed by atoms with Gasteiger partial charge in [0.2, 0.25) is 11.0 Å². The van der Waals surface area contributed by atoms with Crippen LogP contribution in [0.15, 0.2) is 89.1 Å². The summed E-state index contributed by atoms with van der Waals surface area (Å²) in [5, 5.41) is 33.5. The molecule has 0 unspecified atom stereocenters. The fraction of sp³-hybridized carbons (Fsp3) is 0.0455. The Hall–Kier alpha value is -4.11. The van der Waals surface area contributed by atoms with Gasteiger partial charge >= 0.3 is 0 Å². The molecular weight excluding hydrogens is 414 g/mol. The lowest BCUT2D eigenvalue weighted by molar-refractivity contribution is -0.383. The molecule has 1 heterocycles. The number of hydrogen-bond donors (Lipinski definition) is 2. The van der Waals surface area contributed by atoms with Gasteiger partial charge in [-0.1, -0.05) is 60.7 Å². The number of nitro benzene ring substituents is 1. The van der Waals surface area contributed by atoms with E-state index in [0.717, 1.165) is 11.1 Å². The highest BCUT2D eigenvalue weighted by atomic mass is 32.1. The average molecular weight is 431 g/mol. The summed E-state index contributed by atoms with van der Waals surface area (Å²) in [4.78, 5) is 10.7. The number of anilines is 1. The Morgan fingerprint density at radius 2 is 1.71 bits per heavy atom. The van der Waals surface area contributed by atoms with Gasteiger partial charge in [0, 0.05) is 11.5 Å². The molecule has 8 nitrogen and oxygen atoms in total. The van der Waals surface area contributed by atoms with Gasteiger partial charge in [0.15, 0.2) is 5.69 Å². The molecule has 4 rings (SSSR count). The molecule has 0 amide bonds. The second kappa shape index (κ2) is 8.72. The number of hydrogen-bond acceptors (Lipinski definition) is 5. The maximum Gasteiger partial charge on any atom is 0.292 e. The van der Waals surface area contributed by atoms with Crippen LogP contribution in [0.4, 0.5) is 17.1 Å². The van der Waals surface area contributed by atoms with Crippen LogP contribution in [0.1, 0.15) is 5.56 Å². The number of fused-ring (bicyclic) bond motifs is 1. The molecule has 0 aliphatic carbocycles. The molecule has 0 radical (unpaired) electrons. The Labute approximate surface area is 182 Å². The number of benzene rings is 3. The summed E-state index contributed by atoms with van der Waals surface area (Å²) < 4.78 is 1.75. The summed E-state index contributed by atoms with van der Waals surface area (Å²) >= 11 is 5.18. The Bertz CT molecular complexity index is 1300. The van der Waals surface area contributed by atoms with Crippen LogP contribution < -0.4 is 5.32 Å². The van der Waals surface area contributed by atoms with E-state index in [2.05, 4.69) is 15.5 Å². The zero-order valence-corrected chi connectivity index (χ0v) is 17.0. The second-order valence-corrected chi connectivity index (χ2v) is 7.05. The predicted molar refractivity (Wildman–Crippen MR) is 123 cm³/mol. The second-order valence-electron chi connectivity index (χ2n) is 6.67. The molecule has 4 aromatic rings. The van der Waals surface area contributed by atoms with Crippen LogP contribution in [0.5, 0.6) is 5.88 Å². The number of nitrogens with zero attached hydrogens (tertiary/aromatic N) is 4. The molecule has 3 aromatic carbocycles. The highest BCUT2D eigenvalue weighted by Gasteiger charge is 2.17. The third kappa shape index (κ3) is 4.26. The molecule has 0 fully saturated rings. The van der Waals surface area contributed by atoms with Gasteiger partial charge in [-0.25, -0.2) is 0 Å². The SMILES string of the molecule is O=[N+]([O-])c1ccccc1NC(=S)N=Nc1c(O)n(Cc2ccccc2)c2ccccc12. The molecular formula is C22H17N5O3S. The number of thiocarbonyl (C=S) groups is 1. The lowest BCUT2D eigenvalue weighted by atomic mass is 10.2. The van der Waals surface area contributed by atoms with Crippen molar-refractivity contribution in [1.82, 2.24) is 4.57 Å². The number of nitrogens with one attached hydrogen (secondary N) is 1. The van der Waals surface area contributed by atoms with E-state index in [0.29, 0.717) is 11.9 Å². The van der Waals surface area contributed by atoms with Gasteiger partial charge in [-0.15, -0.1) is 10.2 Å². The number of azo groups is 1. The number of para-hydroxylation sites is 3. The molecule has 154 valence electrons. The first-order valence-corrected chi connectivity index (χ1v) is 9.75. The summed E-state index contributed by atoms with van der Waals surface area (Å²) in [6.45, 7) is 0.460. The predicted octanol–water partition coefficient (Wildman–Crippen LogP) is 5.78. The Kier molecular flexibility index (Phi) is 5.67. The number of nitro groups is 1. The maximum absolute atomic E-state index is 11.2. The van der Waals surface area contributed by atoms with Crippen molar-refractivity contribution in [1.29, 1.82) is 0 Å². The first-order valence-electron chi connectivity index (χ1n) is 9.35. The van der Waals surface area contributed by atoms with Gasteiger partial charge in [0.05, 0.1) is 17.0 Å². The van der Waals surface area contributed by atoms with E-state index >= 15 is 0 Å². The average Bonchev–Trinajstić information content (AvgIpc) is 3.04. The van der Waals surface area contributed by atoms with E-state index in [9.17, 15) is 15.2 Å². The number of aromatic hydroxyl groups is 1. The molecule has 0 saturated carbocycles. The molecule has 9 heteroatoms. The quantitative estimate of drug-likeness (QED) is 0.180.